The molecule has 0 amide bonds. The second-order valence-corrected chi connectivity index (χ2v) is 5.02. The van der Waals surface area contributed by atoms with Crippen molar-refractivity contribution in [1.29, 1.82) is 0 Å². The first-order chi connectivity index (χ1) is 8.49. The number of hydrogen-bond donors (Lipinski definition) is 1. The van der Waals surface area contributed by atoms with Crippen molar-refractivity contribution < 1.29 is 9.53 Å². The Kier molecular flexibility index (Phi) is 5.48. The van der Waals surface area contributed by atoms with Crippen LogP contribution in [-0.4, -0.2) is 19.1 Å². The van der Waals surface area contributed by atoms with Crippen LogP contribution in [0.5, 0.6) is 0 Å². The van der Waals surface area contributed by atoms with E-state index < -0.39 is 0 Å². The molecule has 0 aliphatic rings. The number of hydrogen-bond acceptors (Lipinski definition) is 3. The highest BCUT2D eigenvalue weighted by Gasteiger charge is 2.16. The summed E-state index contributed by atoms with van der Waals surface area (Å²) < 4.78 is 4.77. The molecule has 1 unspecified atom stereocenters. The van der Waals surface area contributed by atoms with Gasteiger partial charge in [0.15, 0.2) is 0 Å². The van der Waals surface area contributed by atoms with Gasteiger partial charge in [-0.1, -0.05) is 32.4 Å². The van der Waals surface area contributed by atoms with Gasteiger partial charge in [0.1, 0.15) is 0 Å². The highest BCUT2D eigenvalue weighted by Crippen LogP contribution is 2.24. The lowest BCUT2D eigenvalue weighted by molar-refractivity contribution is 0.0601. The normalized spacial score (nSPS) is 12.3. The number of halogens is 1. The van der Waals surface area contributed by atoms with Gasteiger partial charge in [0.2, 0.25) is 0 Å². The average Bonchev–Trinajstić information content (AvgIpc) is 2.34. The van der Waals surface area contributed by atoms with Crippen LogP contribution in [0.3, 0.4) is 0 Å². The molecule has 0 spiro atoms. The lowest BCUT2D eigenvalue weighted by Crippen LogP contribution is -2.25. The Hall–Kier alpha value is -1.22. The van der Waals surface area contributed by atoms with Crippen molar-refractivity contribution in [3.05, 3.63) is 28.8 Å². The monoisotopic (exact) mass is 269 g/mol. The molecule has 0 aliphatic carbocycles. The van der Waals surface area contributed by atoms with Gasteiger partial charge in [0.05, 0.1) is 18.4 Å². The quantitative estimate of drug-likeness (QED) is 0.822. The predicted octanol–water partition coefficient (Wildman–Crippen LogP) is 3.97. The maximum atomic E-state index is 11.7. The Morgan fingerprint density at radius 3 is 2.61 bits per heavy atom. The van der Waals surface area contributed by atoms with E-state index >= 15 is 0 Å². The van der Waals surface area contributed by atoms with E-state index in [4.69, 9.17) is 16.3 Å². The lowest BCUT2D eigenvalue weighted by Gasteiger charge is -2.23. The average molecular weight is 270 g/mol. The number of benzene rings is 1. The van der Waals surface area contributed by atoms with E-state index in [1.807, 2.05) is 0 Å². The first-order valence-corrected chi connectivity index (χ1v) is 6.51. The molecule has 0 saturated carbocycles. The second-order valence-electron chi connectivity index (χ2n) is 4.58. The van der Waals surface area contributed by atoms with Crippen molar-refractivity contribution in [3.8, 4) is 0 Å². The topological polar surface area (TPSA) is 38.3 Å². The third-order valence-corrected chi connectivity index (χ3v) is 3.21. The zero-order valence-corrected chi connectivity index (χ0v) is 12.0. The van der Waals surface area contributed by atoms with Crippen molar-refractivity contribution in [2.24, 2.45) is 5.92 Å². The molecule has 18 heavy (non-hydrogen) atoms. The van der Waals surface area contributed by atoms with Gasteiger partial charge >= 0.3 is 5.97 Å². The molecule has 0 radical (unpaired) electrons. The van der Waals surface area contributed by atoms with E-state index in [0.717, 1.165) is 12.1 Å². The number of esters is 1. The fourth-order valence-electron chi connectivity index (χ4n) is 1.86. The summed E-state index contributed by atoms with van der Waals surface area (Å²) in [6.07, 6.45) is 0.977. The SMILES string of the molecule is CCC(Nc1cc(Cl)ccc1C(=O)OC)C(C)C. The molecule has 0 heterocycles. The van der Waals surface area contributed by atoms with Crippen molar-refractivity contribution in [1.82, 2.24) is 0 Å². The molecule has 0 fully saturated rings. The summed E-state index contributed by atoms with van der Waals surface area (Å²) in [5.41, 5.74) is 1.25. The molecule has 100 valence electrons. The van der Waals surface area contributed by atoms with Gasteiger partial charge in [-0.15, -0.1) is 0 Å². The Morgan fingerprint density at radius 2 is 2.11 bits per heavy atom. The van der Waals surface area contributed by atoms with Crippen molar-refractivity contribution in [3.63, 3.8) is 0 Å². The summed E-state index contributed by atoms with van der Waals surface area (Å²) in [6, 6.07) is 5.43. The minimum Gasteiger partial charge on any atom is -0.465 e. The highest BCUT2D eigenvalue weighted by atomic mass is 35.5. The standard InChI is InChI=1S/C14H20ClNO2/c1-5-12(9(2)3)16-13-8-10(15)6-7-11(13)14(17)18-4/h6-9,12,16H,5H2,1-4H3. The summed E-state index contributed by atoms with van der Waals surface area (Å²) in [5.74, 6) is 0.118. The van der Waals surface area contributed by atoms with Crippen molar-refractivity contribution >= 4 is 23.3 Å². The van der Waals surface area contributed by atoms with Gasteiger partial charge < -0.3 is 10.1 Å². The fraction of sp³-hybridized carbons (Fsp3) is 0.500. The van der Waals surface area contributed by atoms with Crippen LogP contribution in [0.25, 0.3) is 0 Å². The van der Waals surface area contributed by atoms with Crippen molar-refractivity contribution in [2.75, 3.05) is 12.4 Å². The molecule has 0 aromatic heterocycles. The fourth-order valence-corrected chi connectivity index (χ4v) is 2.04. The molecule has 1 N–H and O–H groups in total. The van der Waals surface area contributed by atoms with Crippen LogP contribution in [0.15, 0.2) is 18.2 Å². The predicted molar refractivity (Wildman–Crippen MR) is 75.3 cm³/mol. The van der Waals surface area contributed by atoms with E-state index in [-0.39, 0.29) is 5.97 Å². The Bertz CT molecular complexity index is 418. The molecule has 3 nitrogen and oxygen atoms in total. The second kappa shape index (κ2) is 6.64. The Morgan fingerprint density at radius 1 is 1.44 bits per heavy atom. The van der Waals surface area contributed by atoms with Crippen LogP contribution in [-0.2, 0) is 4.74 Å². The van der Waals surface area contributed by atoms with E-state index in [2.05, 4.69) is 26.1 Å². The number of nitrogens with one attached hydrogen (secondary N) is 1. The summed E-state index contributed by atoms with van der Waals surface area (Å²) in [6.45, 7) is 6.40. The minimum absolute atomic E-state index is 0.298. The zero-order chi connectivity index (χ0) is 13.7. The first kappa shape index (κ1) is 14.8. The first-order valence-electron chi connectivity index (χ1n) is 6.14. The van der Waals surface area contributed by atoms with E-state index in [0.29, 0.717) is 22.5 Å². The maximum absolute atomic E-state index is 11.7. The molecule has 0 saturated heterocycles. The van der Waals surface area contributed by atoms with Gasteiger partial charge in [-0.3, -0.25) is 0 Å². The van der Waals surface area contributed by atoms with Gasteiger partial charge in [0, 0.05) is 11.1 Å². The van der Waals surface area contributed by atoms with Gasteiger partial charge in [-0.25, -0.2) is 4.79 Å². The van der Waals surface area contributed by atoms with Crippen molar-refractivity contribution in [2.45, 2.75) is 33.2 Å². The number of carbonyl (C=O) groups is 1. The van der Waals surface area contributed by atoms with Crippen LogP contribution >= 0.6 is 11.6 Å². The Labute approximate surface area is 113 Å². The molecule has 1 rings (SSSR count). The molecular weight excluding hydrogens is 250 g/mol. The Balaban J connectivity index is 3.05. The molecule has 0 aliphatic heterocycles. The summed E-state index contributed by atoms with van der Waals surface area (Å²) in [5, 5.41) is 3.97. The number of rotatable bonds is 5. The molecule has 1 aromatic rings. The third-order valence-electron chi connectivity index (χ3n) is 2.97. The van der Waals surface area contributed by atoms with Gasteiger partial charge in [-0.2, -0.15) is 0 Å². The molecule has 1 aromatic carbocycles. The van der Waals surface area contributed by atoms with Crippen LogP contribution in [0.1, 0.15) is 37.6 Å². The number of methoxy groups -OCH3 is 1. The van der Waals surface area contributed by atoms with Crippen LogP contribution in [0.2, 0.25) is 5.02 Å². The van der Waals surface area contributed by atoms with E-state index in [1.54, 1.807) is 18.2 Å². The smallest absolute Gasteiger partial charge is 0.339 e. The van der Waals surface area contributed by atoms with E-state index in [1.165, 1.54) is 7.11 Å². The molecule has 0 bridgehead atoms. The van der Waals surface area contributed by atoms with Crippen LogP contribution in [0, 0.1) is 5.92 Å². The summed E-state index contributed by atoms with van der Waals surface area (Å²) in [4.78, 5) is 11.7. The number of anilines is 1. The lowest BCUT2D eigenvalue weighted by atomic mass is 10.0. The number of carbonyl (C=O) groups excluding carboxylic acids is 1. The zero-order valence-electron chi connectivity index (χ0n) is 11.3. The van der Waals surface area contributed by atoms with E-state index in [9.17, 15) is 4.79 Å². The minimum atomic E-state index is -0.354. The molecule has 1 atom stereocenters. The third kappa shape index (κ3) is 3.64. The summed E-state index contributed by atoms with van der Waals surface area (Å²) >= 11 is 5.98. The molecule has 4 heteroatoms. The highest BCUT2D eigenvalue weighted by molar-refractivity contribution is 6.31. The maximum Gasteiger partial charge on any atom is 0.339 e. The summed E-state index contributed by atoms with van der Waals surface area (Å²) in [7, 11) is 1.38. The van der Waals surface area contributed by atoms with Crippen LogP contribution in [0.4, 0.5) is 5.69 Å². The van der Waals surface area contributed by atoms with Crippen LogP contribution < -0.4 is 5.32 Å². The largest absolute Gasteiger partial charge is 0.465 e. The number of ether oxygens (including phenoxy) is 1. The molecular formula is C14H20ClNO2. The van der Waals surface area contributed by atoms with Gasteiger partial charge in [-0.05, 0) is 30.5 Å². The van der Waals surface area contributed by atoms with Gasteiger partial charge in [0.25, 0.3) is 0 Å².